The number of rotatable bonds is 0. The van der Waals surface area contributed by atoms with E-state index in [1.807, 2.05) is 18.2 Å². The van der Waals surface area contributed by atoms with E-state index in [4.69, 9.17) is 0 Å². The van der Waals surface area contributed by atoms with Crippen molar-refractivity contribution in [3.8, 4) is 0 Å². The quantitative estimate of drug-likeness (QED) is 0.489. The molecule has 0 bridgehead atoms. The number of benzene rings is 1. The molecule has 44 valence electrons. The molecule has 0 aliphatic heterocycles. The van der Waals surface area contributed by atoms with E-state index in [9.17, 15) is 0 Å². The third kappa shape index (κ3) is 2.70. The molecular weight excluding hydrogens is 278 g/mol. The van der Waals surface area contributed by atoms with E-state index in [0.717, 1.165) is 0 Å². The van der Waals surface area contributed by atoms with Gasteiger partial charge in [-0.15, -0.1) is 24.0 Å². The van der Waals surface area contributed by atoms with Crippen molar-refractivity contribution in [2.45, 2.75) is 0 Å². The van der Waals surface area contributed by atoms with Crippen LogP contribution < -0.4 is 4.46 Å². The Hall–Kier alpha value is 0.469. The van der Waals surface area contributed by atoms with Crippen LogP contribution in [0.4, 0.5) is 0 Å². The molecule has 0 unspecified atom stereocenters. The summed E-state index contributed by atoms with van der Waals surface area (Å²) in [6, 6.07) is 10.2. The van der Waals surface area contributed by atoms with Crippen LogP contribution in [-0.2, 0) is 0 Å². The van der Waals surface area contributed by atoms with Gasteiger partial charge in [0.1, 0.15) is 0 Å². The van der Waals surface area contributed by atoms with Crippen molar-refractivity contribution in [3.05, 3.63) is 30.3 Å². The fraction of sp³-hybridized carbons (Fsp3) is 0. The first-order valence-electron chi connectivity index (χ1n) is 2.13. The minimum absolute atomic E-state index is 0. The molecule has 1 rings (SSSR count). The zero-order chi connectivity index (χ0) is 5.11. The van der Waals surface area contributed by atoms with Crippen LogP contribution in [0.1, 0.15) is 0 Å². The summed E-state index contributed by atoms with van der Waals surface area (Å²) in [4.78, 5) is 0. The van der Waals surface area contributed by atoms with Crippen molar-refractivity contribution in [2.75, 3.05) is 0 Å². The zero-order valence-electron chi connectivity index (χ0n) is 4.24. The monoisotopic (exact) mass is 286 g/mol. The van der Waals surface area contributed by atoms with Crippen LogP contribution in [0.3, 0.4) is 0 Å². The van der Waals surface area contributed by atoms with E-state index in [1.54, 1.807) is 0 Å². The summed E-state index contributed by atoms with van der Waals surface area (Å²) in [5, 5.41) is 0. The van der Waals surface area contributed by atoms with E-state index < -0.39 is 0 Å². The molecule has 0 aliphatic carbocycles. The van der Waals surface area contributed by atoms with Crippen molar-refractivity contribution in [1.29, 1.82) is 0 Å². The van der Waals surface area contributed by atoms with E-state index in [2.05, 4.69) is 28.1 Å². The van der Waals surface area contributed by atoms with Crippen molar-refractivity contribution in [3.63, 3.8) is 0 Å². The Morgan fingerprint density at radius 2 is 1.50 bits per heavy atom. The van der Waals surface area contributed by atoms with Gasteiger partial charge in [0.15, 0.2) is 0 Å². The fourth-order valence-corrected chi connectivity index (χ4v) is 0.789. The number of halogens is 1. The number of hydrogen-bond donors (Lipinski definition) is 0. The van der Waals surface area contributed by atoms with Crippen LogP contribution in [0.2, 0.25) is 0 Å². The summed E-state index contributed by atoms with van der Waals surface area (Å²) in [7, 11) is 0. The SMILES string of the molecule is I.[SeH]c1ccccc1. The molecule has 0 saturated heterocycles. The maximum atomic E-state index is 2.49. The molecule has 0 amide bonds. The Morgan fingerprint density at radius 3 is 1.75 bits per heavy atom. The first-order chi connectivity index (χ1) is 3.39. The molecule has 2 heteroatoms. The Balaban J connectivity index is 0.000000490. The van der Waals surface area contributed by atoms with E-state index in [-0.39, 0.29) is 24.0 Å². The van der Waals surface area contributed by atoms with Gasteiger partial charge in [-0.25, -0.2) is 0 Å². The normalized spacial score (nSPS) is 7.62. The molecule has 0 aromatic heterocycles. The van der Waals surface area contributed by atoms with Gasteiger partial charge in [-0.2, -0.15) is 0 Å². The summed E-state index contributed by atoms with van der Waals surface area (Å²) < 4.78 is 1.26. The van der Waals surface area contributed by atoms with Crippen molar-refractivity contribution < 1.29 is 0 Å². The first-order valence-corrected chi connectivity index (χ1v) is 3.07. The molecule has 0 saturated carbocycles. The minimum atomic E-state index is 0. The van der Waals surface area contributed by atoms with Crippen LogP contribution >= 0.6 is 24.0 Å². The molecule has 0 nitrogen and oxygen atoms in total. The summed E-state index contributed by atoms with van der Waals surface area (Å²) in [5.74, 6) is 0. The van der Waals surface area contributed by atoms with Gasteiger partial charge in [0.25, 0.3) is 0 Å². The van der Waals surface area contributed by atoms with Gasteiger partial charge in [0, 0.05) is 0 Å². The second-order valence-electron chi connectivity index (χ2n) is 1.34. The summed E-state index contributed by atoms with van der Waals surface area (Å²) in [5.41, 5.74) is 0. The predicted octanol–water partition coefficient (Wildman–Crippen LogP) is 0.831. The predicted molar refractivity (Wildman–Crippen MR) is 48.6 cm³/mol. The standard InChI is InChI=1S/C6H6Se.HI/c7-6-4-2-1-3-5-6;/h1-5,7H;1H. The van der Waals surface area contributed by atoms with Crippen molar-refractivity contribution in [1.82, 2.24) is 0 Å². The molecule has 0 fully saturated rings. The van der Waals surface area contributed by atoms with Gasteiger partial charge in [0.2, 0.25) is 0 Å². The molecule has 0 N–H and O–H groups in total. The van der Waals surface area contributed by atoms with Gasteiger partial charge in [0.05, 0.1) is 0 Å². The second kappa shape index (κ2) is 4.36. The van der Waals surface area contributed by atoms with Crippen LogP contribution in [0.15, 0.2) is 30.3 Å². The second-order valence-corrected chi connectivity index (χ2v) is 2.42. The topological polar surface area (TPSA) is 0 Å². The Morgan fingerprint density at radius 1 is 1.00 bits per heavy atom. The van der Waals surface area contributed by atoms with Crippen LogP contribution in [0.25, 0.3) is 0 Å². The average Bonchev–Trinajstić information content (AvgIpc) is 1.69. The first kappa shape index (κ1) is 8.47. The van der Waals surface area contributed by atoms with Crippen LogP contribution in [0, 0.1) is 0 Å². The number of hydrogen-bond acceptors (Lipinski definition) is 0. The molecule has 0 radical (unpaired) electrons. The molecule has 0 atom stereocenters. The van der Waals surface area contributed by atoms with Gasteiger partial charge in [-0.3, -0.25) is 0 Å². The van der Waals surface area contributed by atoms with Crippen molar-refractivity contribution in [2.24, 2.45) is 0 Å². The van der Waals surface area contributed by atoms with Gasteiger partial charge in [-0.1, -0.05) is 0 Å². The molecule has 0 spiro atoms. The van der Waals surface area contributed by atoms with E-state index >= 15 is 0 Å². The summed E-state index contributed by atoms with van der Waals surface area (Å²) in [6.07, 6.45) is 0. The van der Waals surface area contributed by atoms with Gasteiger partial charge in [-0.05, 0) is 0 Å². The molecule has 0 heterocycles. The van der Waals surface area contributed by atoms with Gasteiger partial charge >= 0.3 is 50.8 Å². The summed E-state index contributed by atoms with van der Waals surface area (Å²) in [6.45, 7) is 0. The third-order valence-electron chi connectivity index (χ3n) is 0.756. The fourth-order valence-electron chi connectivity index (χ4n) is 0.428. The Labute approximate surface area is 74.5 Å². The molecule has 8 heavy (non-hydrogen) atoms. The van der Waals surface area contributed by atoms with E-state index in [1.165, 1.54) is 4.46 Å². The molecule has 1 aromatic carbocycles. The van der Waals surface area contributed by atoms with Gasteiger partial charge < -0.3 is 0 Å². The summed E-state index contributed by atoms with van der Waals surface area (Å²) >= 11 is 2.49. The van der Waals surface area contributed by atoms with E-state index in [0.29, 0.717) is 0 Å². The molecular formula is C6H7ISe. The third-order valence-corrected chi connectivity index (χ3v) is 1.38. The van der Waals surface area contributed by atoms with Crippen molar-refractivity contribution >= 4 is 44.5 Å². The Kier molecular flexibility index (Phi) is 4.61. The molecule has 0 aliphatic rings. The van der Waals surface area contributed by atoms with Crippen LogP contribution in [0.5, 0.6) is 0 Å². The Bertz CT molecular complexity index is 138. The average molecular weight is 285 g/mol. The van der Waals surface area contributed by atoms with Crippen LogP contribution in [-0.4, -0.2) is 16.0 Å². The molecule has 1 aromatic rings. The zero-order valence-corrected chi connectivity index (χ0v) is 8.45. The maximum absolute atomic E-state index is 2.49.